The zero-order chi connectivity index (χ0) is 14.0. The van der Waals surface area contributed by atoms with Crippen molar-refractivity contribution in [1.29, 1.82) is 0 Å². The number of rotatable bonds is 4. The van der Waals surface area contributed by atoms with E-state index in [1.807, 2.05) is 13.0 Å². The van der Waals surface area contributed by atoms with Crippen molar-refractivity contribution < 1.29 is 4.39 Å². The summed E-state index contributed by atoms with van der Waals surface area (Å²) in [7, 11) is 1.80. The normalized spacial score (nSPS) is 12.7. The van der Waals surface area contributed by atoms with Crippen LogP contribution in [0.15, 0.2) is 24.3 Å². The van der Waals surface area contributed by atoms with Gasteiger partial charge in [0.15, 0.2) is 0 Å². The van der Waals surface area contributed by atoms with E-state index in [0.29, 0.717) is 17.5 Å². The molecule has 2 nitrogen and oxygen atoms in total. The van der Waals surface area contributed by atoms with Crippen molar-refractivity contribution in [2.45, 2.75) is 19.3 Å². The van der Waals surface area contributed by atoms with Gasteiger partial charge in [-0.3, -0.25) is 4.68 Å². The first-order chi connectivity index (χ1) is 9.02. The monoisotopic (exact) mass is 300 g/mol. The van der Waals surface area contributed by atoms with Crippen LogP contribution in [0.5, 0.6) is 0 Å². The van der Waals surface area contributed by atoms with Crippen molar-refractivity contribution in [1.82, 2.24) is 9.78 Å². The Balaban J connectivity index is 2.29. The summed E-state index contributed by atoms with van der Waals surface area (Å²) in [6, 6.07) is 6.53. The molecule has 0 saturated heterocycles. The molecule has 0 spiro atoms. The molecule has 1 aromatic carbocycles. The minimum Gasteiger partial charge on any atom is -0.257 e. The number of halogens is 3. The fraction of sp³-hybridized carbons (Fsp3) is 0.357. The maximum Gasteiger partial charge on any atom is 0.130 e. The van der Waals surface area contributed by atoms with E-state index in [0.717, 1.165) is 16.8 Å². The van der Waals surface area contributed by atoms with Gasteiger partial charge in [-0.25, -0.2) is 4.39 Å². The van der Waals surface area contributed by atoms with Crippen molar-refractivity contribution >= 4 is 23.2 Å². The standard InChI is InChI=1S/C14H15Cl2FN2/c1-9-13(14(16)19(2)18-9)7-11(8-15)10-4-3-5-12(17)6-10/h3-6,11H,7-8H2,1-2H3. The first-order valence-corrected chi connectivity index (χ1v) is 6.93. The molecule has 102 valence electrons. The summed E-state index contributed by atoms with van der Waals surface area (Å²) in [5.74, 6) is 0.188. The van der Waals surface area contributed by atoms with Gasteiger partial charge in [-0.1, -0.05) is 23.7 Å². The Labute approximate surface area is 122 Å². The van der Waals surface area contributed by atoms with E-state index in [4.69, 9.17) is 23.2 Å². The molecule has 0 fully saturated rings. The van der Waals surface area contributed by atoms with Crippen LogP contribution in [0.2, 0.25) is 5.15 Å². The van der Waals surface area contributed by atoms with Gasteiger partial charge in [-0.05, 0) is 31.0 Å². The second-order valence-electron chi connectivity index (χ2n) is 4.59. The molecule has 0 saturated carbocycles. The molecule has 1 unspecified atom stereocenters. The van der Waals surface area contributed by atoms with E-state index in [1.165, 1.54) is 12.1 Å². The molecule has 0 amide bonds. The summed E-state index contributed by atoms with van der Waals surface area (Å²) in [6.07, 6.45) is 0.658. The summed E-state index contributed by atoms with van der Waals surface area (Å²) in [6.45, 7) is 1.91. The molecule has 19 heavy (non-hydrogen) atoms. The minimum atomic E-state index is -0.248. The van der Waals surface area contributed by atoms with Crippen LogP contribution < -0.4 is 0 Å². The molecule has 0 radical (unpaired) electrons. The number of alkyl halides is 1. The molecular weight excluding hydrogens is 286 g/mol. The van der Waals surface area contributed by atoms with Crippen molar-refractivity contribution in [3.63, 3.8) is 0 Å². The lowest BCUT2D eigenvalue weighted by molar-refractivity contribution is 0.621. The van der Waals surface area contributed by atoms with Crippen LogP contribution in [-0.2, 0) is 13.5 Å². The lowest BCUT2D eigenvalue weighted by atomic mass is 9.94. The molecule has 0 bridgehead atoms. The maximum absolute atomic E-state index is 13.3. The van der Waals surface area contributed by atoms with Gasteiger partial charge in [0, 0.05) is 24.4 Å². The molecular formula is C14H15Cl2FN2. The van der Waals surface area contributed by atoms with E-state index < -0.39 is 0 Å². The smallest absolute Gasteiger partial charge is 0.130 e. The van der Waals surface area contributed by atoms with Crippen molar-refractivity contribution in [2.24, 2.45) is 7.05 Å². The maximum atomic E-state index is 13.3. The van der Waals surface area contributed by atoms with Crippen LogP contribution in [0.4, 0.5) is 4.39 Å². The van der Waals surface area contributed by atoms with E-state index in [2.05, 4.69) is 5.10 Å². The van der Waals surface area contributed by atoms with Gasteiger partial charge >= 0.3 is 0 Å². The highest BCUT2D eigenvalue weighted by Gasteiger charge is 2.18. The SMILES string of the molecule is Cc1nn(C)c(Cl)c1CC(CCl)c1cccc(F)c1. The topological polar surface area (TPSA) is 17.8 Å². The van der Waals surface area contributed by atoms with Gasteiger partial charge < -0.3 is 0 Å². The van der Waals surface area contributed by atoms with Crippen LogP contribution in [0.1, 0.15) is 22.7 Å². The summed E-state index contributed by atoms with van der Waals surface area (Å²) >= 11 is 12.2. The first kappa shape index (κ1) is 14.4. The van der Waals surface area contributed by atoms with Crippen LogP contribution >= 0.6 is 23.2 Å². The number of benzene rings is 1. The molecule has 5 heteroatoms. The van der Waals surface area contributed by atoms with E-state index in [-0.39, 0.29) is 11.7 Å². The van der Waals surface area contributed by atoms with Gasteiger partial charge in [0.25, 0.3) is 0 Å². The lowest BCUT2D eigenvalue weighted by Crippen LogP contribution is -2.06. The van der Waals surface area contributed by atoms with Crippen LogP contribution in [0, 0.1) is 12.7 Å². The van der Waals surface area contributed by atoms with Gasteiger partial charge in [0.05, 0.1) is 5.69 Å². The highest BCUT2D eigenvalue weighted by atomic mass is 35.5. The number of aryl methyl sites for hydroxylation is 2. The van der Waals surface area contributed by atoms with E-state index >= 15 is 0 Å². The Morgan fingerprint density at radius 1 is 1.42 bits per heavy atom. The Hall–Kier alpha value is -1.06. The fourth-order valence-electron chi connectivity index (χ4n) is 2.17. The zero-order valence-electron chi connectivity index (χ0n) is 10.8. The predicted octanol–water partition coefficient (Wildman–Crippen LogP) is 4.09. The highest BCUT2D eigenvalue weighted by Crippen LogP contribution is 2.28. The first-order valence-electron chi connectivity index (χ1n) is 6.02. The predicted molar refractivity (Wildman–Crippen MR) is 76.5 cm³/mol. The van der Waals surface area contributed by atoms with Crippen LogP contribution in [-0.4, -0.2) is 15.7 Å². The molecule has 0 aliphatic heterocycles. The Morgan fingerprint density at radius 2 is 2.16 bits per heavy atom. The van der Waals surface area contributed by atoms with Gasteiger partial charge in [0.1, 0.15) is 11.0 Å². The molecule has 1 aromatic heterocycles. The Morgan fingerprint density at radius 3 is 2.68 bits per heavy atom. The van der Waals surface area contributed by atoms with Crippen molar-refractivity contribution in [3.05, 3.63) is 52.1 Å². The Kier molecular flexibility index (Phi) is 4.48. The number of nitrogens with zero attached hydrogens (tertiary/aromatic N) is 2. The van der Waals surface area contributed by atoms with Gasteiger partial charge in [-0.15, -0.1) is 11.6 Å². The third-order valence-corrected chi connectivity index (χ3v) is 4.07. The average Bonchev–Trinajstić information content (AvgIpc) is 2.61. The second kappa shape index (κ2) is 5.93. The molecule has 0 N–H and O–H groups in total. The van der Waals surface area contributed by atoms with Crippen LogP contribution in [0.3, 0.4) is 0 Å². The number of aromatic nitrogens is 2. The summed E-state index contributed by atoms with van der Waals surface area (Å²) in [5.41, 5.74) is 2.74. The molecule has 2 aromatic rings. The van der Waals surface area contributed by atoms with Gasteiger partial charge in [0.2, 0.25) is 0 Å². The average molecular weight is 301 g/mol. The number of hydrogen-bond acceptors (Lipinski definition) is 1. The largest absolute Gasteiger partial charge is 0.257 e. The third-order valence-electron chi connectivity index (χ3n) is 3.23. The Bertz CT molecular complexity index is 581. The van der Waals surface area contributed by atoms with Crippen molar-refractivity contribution in [2.75, 3.05) is 5.88 Å². The minimum absolute atomic E-state index is 0.0257. The molecule has 1 heterocycles. The lowest BCUT2D eigenvalue weighted by Gasteiger charge is -2.14. The molecule has 0 aliphatic carbocycles. The van der Waals surface area contributed by atoms with E-state index in [9.17, 15) is 4.39 Å². The van der Waals surface area contributed by atoms with E-state index in [1.54, 1.807) is 17.8 Å². The molecule has 1 atom stereocenters. The highest BCUT2D eigenvalue weighted by molar-refractivity contribution is 6.30. The number of hydrogen-bond donors (Lipinski definition) is 0. The quantitative estimate of drug-likeness (QED) is 0.778. The summed E-state index contributed by atoms with van der Waals surface area (Å²) < 4.78 is 14.9. The van der Waals surface area contributed by atoms with Crippen molar-refractivity contribution in [3.8, 4) is 0 Å². The summed E-state index contributed by atoms with van der Waals surface area (Å²) in [5, 5.41) is 4.89. The third kappa shape index (κ3) is 3.10. The van der Waals surface area contributed by atoms with Crippen LogP contribution in [0.25, 0.3) is 0 Å². The summed E-state index contributed by atoms with van der Waals surface area (Å²) in [4.78, 5) is 0. The molecule has 0 aliphatic rings. The second-order valence-corrected chi connectivity index (χ2v) is 5.26. The molecule has 2 rings (SSSR count). The zero-order valence-corrected chi connectivity index (χ0v) is 12.3. The fourth-order valence-corrected chi connectivity index (χ4v) is 2.71. The van der Waals surface area contributed by atoms with Gasteiger partial charge in [-0.2, -0.15) is 5.10 Å².